The Bertz CT molecular complexity index is 616. The topological polar surface area (TPSA) is 38.9 Å². The van der Waals surface area contributed by atoms with E-state index in [2.05, 4.69) is 9.97 Å². The molecule has 2 aromatic heterocycles. The van der Waals surface area contributed by atoms with Crippen LogP contribution in [0.2, 0.25) is 0 Å². The van der Waals surface area contributed by atoms with E-state index in [0.29, 0.717) is 5.22 Å². The first-order valence-electron chi connectivity index (χ1n) is 4.70. The Kier molecular flexibility index (Phi) is 2.41. The number of aromatic nitrogens is 2. The smallest absolute Gasteiger partial charge is 0.256 e. The maximum atomic E-state index is 5.58. The van der Waals surface area contributed by atoms with E-state index in [1.807, 2.05) is 35.3 Å². The molecular weight excluding hydrogens is 240 g/mol. The van der Waals surface area contributed by atoms with Crippen molar-refractivity contribution < 1.29 is 4.42 Å². The number of thioether (sulfide) groups is 1. The molecule has 5 heteroatoms. The number of nitrogens with zero attached hydrogens (tertiary/aromatic N) is 2. The third-order valence-corrected chi connectivity index (χ3v) is 3.38. The minimum Gasteiger partial charge on any atom is -0.431 e. The van der Waals surface area contributed by atoms with Gasteiger partial charge in [-0.1, -0.05) is 17.8 Å². The highest BCUT2D eigenvalue weighted by molar-refractivity contribution is 7.98. The second-order valence-corrected chi connectivity index (χ2v) is 4.72. The molecule has 16 heavy (non-hydrogen) atoms. The Hall–Kier alpha value is -1.33. The van der Waals surface area contributed by atoms with Gasteiger partial charge in [0.2, 0.25) is 0 Å². The molecule has 3 aromatic rings. The lowest BCUT2D eigenvalue weighted by Gasteiger charge is -1.94. The van der Waals surface area contributed by atoms with Crippen LogP contribution in [0.15, 0.2) is 38.7 Å². The normalized spacial score (nSPS) is 11.1. The highest BCUT2D eigenvalue weighted by Gasteiger charge is 2.07. The number of fused-ring (bicyclic) bond motifs is 1. The zero-order chi connectivity index (χ0) is 11.0. The van der Waals surface area contributed by atoms with E-state index in [1.165, 1.54) is 11.8 Å². The summed E-state index contributed by atoms with van der Waals surface area (Å²) in [6.45, 7) is 0. The van der Waals surface area contributed by atoms with E-state index in [-0.39, 0.29) is 0 Å². The van der Waals surface area contributed by atoms with Gasteiger partial charge in [-0.15, -0.1) is 11.3 Å². The van der Waals surface area contributed by atoms with Gasteiger partial charge in [-0.2, -0.15) is 0 Å². The summed E-state index contributed by atoms with van der Waals surface area (Å²) in [4.78, 5) is 8.60. The molecule has 0 spiro atoms. The van der Waals surface area contributed by atoms with Crippen molar-refractivity contribution in [2.45, 2.75) is 5.22 Å². The predicted octanol–water partition coefficient (Wildman–Crippen LogP) is 3.67. The lowest BCUT2D eigenvalue weighted by Crippen LogP contribution is -1.76. The Morgan fingerprint density at radius 3 is 3.06 bits per heavy atom. The van der Waals surface area contributed by atoms with Crippen LogP contribution in [-0.4, -0.2) is 16.2 Å². The minimum absolute atomic E-state index is 0.699. The van der Waals surface area contributed by atoms with Crippen LogP contribution in [0.3, 0.4) is 0 Å². The molecule has 0 N–H and O–H groups in total. The molecule has 0 aliphatic rings. The first kappa shape index (κ1) is 9.86. The van der Waals surface area contributed by atoms with Gasteiger partial charge in [0.25, 0.3) is 5.22 Å². The van der Waals surface area contributed by atoms with Gasteiger partial charge in [0.05, 0.1) is 11.2 Å². The fourth-order valence-corrected chi connectivity index (χ4v) is 2.43. The van der Waals surface area contributed by atoms with Gasteiger partial charge in [-0.05, 0) is 18.4 Å². The molecule has 3 rings (SSSR count). The van der Waals surface area contributed by atoms with Crippen LogP contribution in [0.1, 0.15) is 0 Å². The van der Waals surface area contributed by atoms with Gasteiger partial charge in [0, 0.05) is 10.9 Å². The molecule has 0 amide bonds. The molecule has 2 heterocycles. The second-order valence-electron chi connectivity index (χ2n) is 3.24. The highest BCUT2D eigenvalue weighted by Crippen LogP contribution is 2.26. The monoisotopic (exact) mass is 248 g/mol. The number of thiazole rings is 1. The molecule has 0 unspecified atom stereocenters. The predicted molar refractivity (Wildman–Crippen MR) is 66.9 cm³/mol. The van der Waals surface area contributed by atoms with Crippen LogP contribution in [0.4, 0.5) is 0 Å². The Morgan fingerprint density at radius 1 is 1.38 bits per heavy atom. The van der Waals surface area contributed by atoms with Crippen LogP contribution >= 0.6 is 23.1 Å². The van der Waals surface area contributed by atoms with Crippen LogP contribution in [-0.2, 0) is 0 Å². The summed E-state index contributed by atoms with van der Waals surface area (Å²) >= 11 is 3.09. The summed E-state index contributed by atoms with van der Waals surface area (Å²) in [5.74, 6) is 0. The van der Waals surface area contributed by atoms with Crippen molar-refractivity contribution in [1.82, 2.24) is 9.97 Å². The standard InChI is InChI=1S/C11H8N2OS2/c1-15-11-13-8-3-2-7(4-10(8)14-11)9-5-16-6-12-9/h2-6H,1H3. The van der Waals surface area contributed by atoms with Crippen molar-refractivity contribution in [3.05, 3.63) is 29.1 Å². The van der Waals surface area contributed by atoms with Crippen molar-refractivity contribution in [2.75, 3.05) is 6.26 Å². The fourth-order valence-electron chi connectivity index (χ4n) is 1.51. The number of hydrogen-bond acceptors (Lipinski definition) is 5. The van der Waals surface area contributed by atoms with Crippen LogP contribution < -0.4 is 0 Å². The van der Waals surface area contributed by atoms with E-state index in [9.17, 15) is 0 Å². The highest BCUT2D eigenvalue weighted by atomic mass is 32.2. The van der Waals surface area contributed by atoms with Gasteiger partial charge in [0.1, 0.15) is 5.52 Å². The summed E-state index contributed by atoms with van der Waals surface area (Å²) in [5.41, 5.74) is 5.58. The summed E-state index contributed by atoms with van der Waals surface area (Å²) in [5, 5.41) is 2.72. The third-order valence-electron chi connectivity index (χ3n) is 2.27. The molecule has 0 saturated heterocycles. The van der Waals surface area contributed by atoms with Gasteiger partial charge in [0.15, 0.2) is 5.58 Å². The van der Waals surface area contributed by atoms with E-state index >= 15 is 0 Å². The van der Waals surface area contributed by atoms with Gasteiger partial charge in [-0.3, -0.25) is 0 Å². The van der Waals surface area contributed by atoms with Crippen LogP contribution in [0.25, 0.3) is 22.4 Å². The maximum Gasteiger partial charge on any atom is 0.256 e. The molecule has 0 atom stereocenters. The molecule has 0 radical (unpaired) electrons. The first-order valence-corrected chi connectivity index (χ1v) is 6.87. The zero-order valence-electron chi connectivity index (χ0n) is 8.51. The van der Waals surface area contributed by atoms with Gasteiger partial charge in [-0.25, -0.2) is 9.97 Å². The fraction of sp³-hybridized carbons (Fsp3) is 0.0909. The number of benzene rings is 1. The molecule has 80 valence electrons. The number of oxazole rings is 1. The van der Waals surface area contributed by atoms with Crippen LogP contribution in [0.5, 0.6) is 0 Å². The SMILES string of the molecule is CSc1nc2ccc(-c3cscn3)cc2o1. The van der Waals surface area contributed by atoms with Crippen molar-refractivity contribution in [2.24, 2.45) is 0 Å². The molecule has 1 aromatic carbocycles. The molecule has 3 nitrogen and oxygen atoms in total. The first-order chi connectivity index (χ1) is 7.86. The van der Waals surface area contributed by atoms with E-state index in [4.69, 9.17) is 4.42 Å². The molecule has 0 fully saturated rings. The Labute approximate surface area is 101 Å². The molecular formula is C11H8N2OS2. The second kappa shape index (κ2) is 3.92. The van der Waals surface area contributed by atoms with Crippen molar-refractivity contribution >= 4 is 34.2 Å². The van der Waals surface area contributed by atoms with Crippen molar-refractivity contribution in [3.8, 4) is 11.3 Å². The average molecular weight is 248 g/mol. The summed E-state index contributed by atoms with van der Waals surface area (Å²) < 4.78 is 5.58. The Balaban J connectivity index is 2.15. The largest absolute Gasteiger partial charge is 0.431 e. The average Bonchev–Trinajstić information content (AvgIpc) is 2.96. The Morgan fingerprint density at radius 2 is 2.31 bits per heavy atom. The quantitative estimate of drug-likeness (QED) is 0.649. The van der Waals surface area contributed by atoms with E-state index in [1.54, 1.807) is 11.3 Å². The minimum atomic E-state index is 0.699. The van der Waals surface area contributed by atoms with Gasteiger partial charge < -0.3 is 4.42 Å². The number of hydrogen-bond donors (Lipinski definition) is 0. The van der Waals surface area contributed by atoms with Crippen molar-refractivity contribution in [3.63, 3.8) is 0 Å². The zero-order valence-corrected chi connectivity index (χ0v) is 10.1. The maximum absolute atomic E-state index is 5.58. The summed E-state index contributed by atoms with van der Waals surface area (Å²) in [6.07, 6.45) is 1.95. The summed E-state index contributed by atoms with van der Waals surface area (Å²) in [7, 11) is 0. The lowest BCUT2D eigenvalue weighted by atomic mass is 10.1. The molecule has 0 bridgehead atoms. The third kappa shape index (κ3) is 1.62. The lowest BCUT2D eigenvalue weighted by molar-refractivity contribution is 0.490. The van der Waals surface area contributed by atoms with E-state index in [0.717, 1.165) is 22.4 Å². The molecule has 0 aliphatic heterocycles. The van der Waals surface area contributed by atoms with E-state index < -0.39 is 0 Å². The van der Waals surface area contributed by atoms with Crippen molar-refractivity contribution in [1.29, 1.82) is 0 Å². The van der Waals surface area contributed by atoms with Gasteiger partial charge >= 0.3 is 0 Å². The molecule has 0 saturated carbocycles. The molecule has 0 aliphatic carbocycles. The van der Waals surface area contributed by atoms with Crippen LogP contribution in [0, 0.1) is 0 Å². The number of rotatable bonds is 2. The summed E-state index contributed by atoms with van der Waals surface area (Å²) in [6, 6.07) is 5.97.